The number of likely N-dealkylation sites (N-methyl/N-ethyl adjacent to an activating group) is 1. The smallest absolute Gasteiger partial charge is 0.260 e. The SMILES string of the molecule is CSc1ccc(OCC(=O)N(C)[C@H]2CCS(=O)(=O)C2)cc1. The first kappa shape index (κ1) is 16.2. The summed E-state index contributed by atoms with van der Waals surface area (Å²) in [7, 11) is -1.35. The fourth-order valence-electron chi connectivity index (χ4n) is 2.20. The van der Waals surface area contributed by atoms with Gasteiger partial charge in [-0.1, -0.05) is 0 Å². The van der Waals surface area contributed by atoms with Crippen molar-refractivity contribution in [1.82, 2.24) is 4.90 Å². The van der Waals surface area contributed by atoms with E-state index >= 15 is 0 Å². The van der Waals surface area contributed by atoms with Crippen molar-refractivity contribution in [1.29, 1.82) is 0 Å². The van der Waals surface area contributed by atoms with Gasteiger partial charge in [-0.15, -0.1) is 11.8 Å². The van der Waals surface area contributed by atoms with Gasteiger partial charge in [-0.3, -0.25) is 4.79 Å². The summed E-state index contributed by atoms with van der Waals surface area (Å²) < 4.78 is 28.3. The molecule has 1 saturated heterocycles. The second-order valence-corrected chi connectivity index (χ2v) is 8.13. The van der Waals surface area contributed by atoms with E-state index in [9.17, 15) is 13.2 Å². The van der Waals surface area contributed by atoms with Crippen molar-refractivity contribution < 1.29 is 17.9 Å². The molecule has 0 aromatic heterocycles. The van der Waals surface area contributed by atoms with E-state index < -0.39 is 9.84 Å². The molecule has 1 heterocycles. The van der Waals surface area contributed by atoms with Gasteiger partial charge in [0, 0.05) is 18.0 Å². The molecule has 21 heavy (non-hydrogen) atoms. The van der Waals surface area contributed by atoms with Crippen molar-refractivity contribution in [3.63, 3.8) is 0 Å². The van der Waals surface area contributed by atoms with Gasteiger partial charge in [0.25, 0.3) is 5.91 Å². The lowest BCUT2D eigenvalue weighted by molar-refractivity contribution is -0.133. The van der Waals surface area contributed by atoms with Gasteiger partial charge in [-0.2, -0.15) is 0 Å². The highest BCUT2D eigenvalue weighted by atomic mass is 32.2. The van der Waals surface area contributed by atoms with Gasteiger partial charge in [0.15, 0.2) is 16.4 Å². The lowest BCUT2D eigenvalue weighted by atomic mass is 10.2. The molecule has 2 rings (SSSR count). The van der Waals surface area contributed by atoms with Crippen LogP contribution in [0.5, 0.6) is 5.75 Å². The van der Waals surface area contributed by atoms with Crippen LogP contribution in [0.25, 0.3) is 0 Å². The summed E-state index contributed by atoms with van der Waals surface area (Å²) in [5.41, 5.74) is 0. The van der Waals surface area contributed by atoms with Crippen molar-refractivity contribution in [3.05, 3.63) is 24.3 Å². The Morgan fingerprint density at radius 2 is 2.05 bits per heavy atom. The maximum Gasteiger partial charge on any atom is 0.260 e. The zero-order valence-electron chi connectivity index (χ0n) is 12.1. The van der Waals surface area contributed by atoms with Crippen LogP contribution in [0.2, 0.25) is 0 Å². The second kappa shape index (κ2) is 6.70. The van der Waals surface area contributed by atoms with Crippen LogP contribution in [-0.2, 0) is 14.6 Å². The highest BCUT2D eigenvalue weighted by Crippen LogP contribution is 2.20. The lowest BCUT2D eigenvalue weighted by Crippen LogP contribution is -2.40. The Labute approximate surface area is 129 Å². The molecule has 0 unspecified atom stereocenters. The van der Waals surface area contributed by atoms with Crippen LogP contribution in [0, 0.1) is 0 Å². The van der Waals surface area contributed by atoms with Gasteiger partial charge in [0.2, 0.25) is 0 Å². The molecule has 1 aromatic carbocycles. The molecule has 0 aliphatic carbocycles. The molecular weight excluding hydrogens is 310 g/mol. The van der Waals surface area contributed by atoms with Crippen molar-refractivity contribution in [2.24, 2.45) is 0 Å². The molecule has 1 aliphatic heterocycles. The number of hydrogen-bond donors (Lipinski definition) is 0. The van der Waals surface area contributed by atoms with Crippen molar-refractivity contribution in [2.75, 3.05) is 31.4 Å². The molecule has 1 aromatic rings. The van der Waals surface area contributed by atoms with E-state index in [2.05, 4.69) is 0 Å². The Morgan fingerprint density at radius 1 is 1.38 bits per heavy atom. The Hall–Kier alpha value is -1.21. The average molecular weight is 329 g/mol. The first-order valence-corrected chi connectivity index (χ1v) is 9.69. The van der Waals surface area contributed by atoms with E-state index in [-0.39, 0.29) is 30.1 Å². The minimum absolute atomic E-state index is 0.0532. The third kappa shape index (κ3) is 4.38. The topological polar surface area (TPSA) is 63.7 Å². The van der Waals surface area contributed by atoms with Crippen LogP contribution >= 0.6 is 11.8 Å². The molecule has 1 atom stereocenters. The Morgan fingerprint density at radius 3 is 2.57 bits per heavy atom. The Kier molecular flexibility index (Phi) is 5.16. The maximum atomic E-state index is 12.0. The summed E-state index contributed by atoms with van der Waals surface area (Å²) >= 11 is 1.64. The number of ether oxygens (including phenoxy) is 1. The predicted octanol–water partition coefficient (Wildman–Crippen LogP) is 1.43. The standard InChI is InChI=1S/C14H19NO4S2/c1-15(11-7-8-21(17,18)10-11)14(16)9-19-12-3-5-13(20-2)6-4-12/h3-6,11H,7-10H2,1-2H3/t11-/m0/s1. The highest BCUT2D eigenvalue weighted by molar-refractivity contribution is 7.98. The van der Waals surface area contributed by atoms with Crippen LogP contribution in [0.1, 0.15) is 6.42 Å². The monoisotopic (exact) mass is 329 g/mol. The lowest BCUT2D eigenvalue weighted by Gasteiger charge is -2.23. The number of thioether (sulfide) groups is 1. The summed E-state index contributed by atoms with van der Waals surface area (Å²) in [5.74, 6) is 0.642. The number of carbonyl (C=O) groups excluding carboxylic acids is 1. The third-order valence-corrected chi connectivity index (χ3v) is 6.07. The number of sulfone groups is 1. The molecule has 0 radical (unpaired) electrons. The minimum Gasteiger partial charge on any atom is -0.484 e. The van der Waals surface area contributed by atoms with Crippen LogP contribution < -0.4 is 4.74 Å². The number of amides is 1. The number of benzene rings is 1. The summed E-state index contributed by atoms with van der Waals surface area (Å²) in [4.78, 5) is 14.7. The van der Waals surface area contributed by atoms with E-state index in [1.54, 1.807) is 18.8 Å². The van der Waals surface area contributed by atoms with Crippen LogP contribution in [0.15, 0.2) is 29.2 Å². The van der Waals surface area contributed by atoms with E-state index in [1.165, 1.54) is 4.90 Å². The van der Waals surface area contributed by atoms with Crippen LogP contribution in [-0.4, -0.2) is 56.7 Å². The molecule has 7 heteroatoms. The fourth-order valence-corrected chi connectivity index (χ4v) is 4.39. The zero-order valence-corrected chi connectivity index (χ0v) is 13.7. The fraction of sp³-hybridized carbons (Fsp3) is 0.500. The first-order chi connectivity index (χ1) is 9.91. The predicted molar refractivity (Wildman–Crippen MR) is 83.5 cm³/mol. The number of hydrogen-bond acceptors (Lipinski definition) is 5. The van der Waals surface area contributed by atoms with E-state index in [4.69, 9.17) is 4.74 Å². The average Bonchev–Trinajstić information content (AvgIpc) is 2.84. The van der Waals surface area contributed by atoms with Gasteiger partial charge in [-0.05, 0) is 36.9 Å². The van der Waals surface area contributed by atoms with Gasteiger partial charge in [0.05, 0.1) is 11.5 Å². The van der Waals surface area contributed by atoms with Gasteiger partial charge >= 0.3 is 0 Å². The quantitative estimate of drug-likeness (QED) is 0.765. The molecular formula is C14H19NO4S2. The van der Waals surface area contributed by atoms with Gasteiger partial charge < -0.3 is 9.64 Å². The third-order valence-electron chi connectivity index (χ3n) is 3.57. The molecule has 0 saturated carbocycles. The summed E-state index contributed by atoms with van der Waals surface area (Å²) in [5, 5.41) is 0. The normalized spacial score (nSPS) is 20.2. The number of rotatable bonds is 5. The van der Waals surface area contributed by atoms with E-state index in [0.717, 1.165) is 4.90 Å². The van der Waals surface area contributed by atoms with E-state index in [1.807, 2.05) is 30.5 Å². The highest BCUT2D eigenvalue weighted by Gasteiger charge is 2.32. The molecule has 0 N–H and O–H groups in total. The Balaban J connectivity index is 1.86. The molecule has 0 bridgehead atoms. The zero-order chi connectivity index (χ0) is 15.5. The Bertz CT molecular complexity index is 598. The largest absolute Gasteiger partial charge is 0.484 e. The summed E-state index contributed by atoms with van der Waals surface area (Å²) in [6.07, 6.45) is 2.50. The van der Waals surface area contributed by atoms with E-state index in [0.29, 0.717) is 12.2 Å². The number of carbonyl (C=O) groups is 1. The van der Waals surface area contributed by atoms with Gasteiger partial charge in [-0.25, -0.2) is 8.42 Å². The van der Waals surface area contributed by atoms with Crippen LogP contribution in [0.4, 0.5) is 0 Å². The first-order valence-electron chi connectivity index (χ1n) is 6.64. The maximum absolute atomic E-state index is 12.0. The van der Waals surface area contributed by atoms with Crippen molar-refractivity contribution in [3.8, 4) is 5.75 Å². The minimum atomic E-state index is -2.99. The molecule has 5 nitrogen and oxygen atoms in total. The summed E-state index contributed by atoms with van der Waals surface area (Å²) in [6, 6.07) is 7.26. The van der Waals surface area contributed by atoms with Gasteiger partial charge in [0.1, 0.15) is 5.75 Å². The molecule has 1 amide bonds. The second-order valence-electron chi connectivity index (χ2n) is 5.03. The summed E-state index contributed by atoms with van der Waals surface area (Å²) in [6.45, 7) is -0.0777. The number of nitrogens with zero attached hydrogens (tertiary/aromatic N) is 1. The molecule has 1 aliphatic rings. The molecule has 1 fully saturated rings. The molecule has 116 valence electrons. The molecule has 0 spiro atoms. The van der Waals surface area contributed by atoms with Crippen LogP contribution in [0.3, 0.4) is 0 Å². The van der Waals surface area contributed by atoms with Crippen molar-refractivity contribution in [2.45, 2.75) is 17.4 Å². The van der Waals surface area contributed by atoms with Crippen molar-refractivity contribution >= 4 is 27.5 Å².